The Bertz CT molecular complexity index is 1030. The Balaban J connectivity index is 1.66. The molecule has 33 heavy (non-hydrogen) atoms. The van der Waals surface area contributed by atoms with Gasteiger partial charge in [-0.15, -0.1) is 0 Å². The SMILES string of the molecule is COc1ccc(NC(=O)c2ccc(-c3cccnc3)cc2)cc1OCCN(C(C)C)C(C)C. The highest BCUT2D eigenvalue weighted by molar-refractivity contribution is 6.04. The molecule has 0 saturated heterocycles. The minimum atomic E-state index is -0.186. The number of nitrogens with zero attached hydrogens (tertiary/aromatic N) is 2. The highest BCUT2D eigenvalue weighted by Gasteiger charge is 2.14. The summed E-state index contributed by atoms with van der Waals surface area (Å²) in [7, 11) is 1.61. The summed E-state index contributed by atoms with van der Waals surface area (Å²) < 4.78 is 11.5. The van der Waals surface area contributed by atoms with Gasteiger partial charge < -0.3 is 14.8 Å². The molecule has 3 rings (SSSR count). The van der Waals surface area contributed by atoms with Gasteiger partial charge in [-0.3, -0.25) is 14.7 Å². The molecule has 0 saturated carbocycles. The average Bonchev–Trinajstić information content (AvgIpc) is 2.82. The second kappa shape index (κ2) is 11.5. The van der Waals surface area contributed by atoms with Gasteiger partial charge in [0, 0.05) is 48.3 Å². The first-order valence-electron chi connectivity index (χ1n) is 11.3. The first-order valence-corrected chi connectivity index (χ1v) is 11.3. The molecule has 2 aromatic carbocycles. The first-order chi connectivity index (χ1) is 15.9. The van der Waals surface area contributed by atoms with Crippen molar-refractivity contribution < 1.29 is 14.3 Å². The molecule has 3 aromatic rings. The molecule has 0 aliphatic heterocycles. The third-order valence-corrected chi connectivity index (χ3v) is 5.50. The number of carbonyl (C=O) groups excluding carboxylic acids is 1. The lowest BCUT2D eigenvalue weighted by atomic mass is 10.1. The van der Waals surface area contributed by atoms with Gasteiger partial charge in [-0.05, 0) is 69.2 Å². The van der Waals surface area contributed by atoms with Crippen molar-refractivity contribution in [3.05, 3.63) is 72.6 Å². The molecule has 0 bridgehead atoms. The average molecular weight is 448 g/mol. The maximum absolute atomic E-state index is 12.8. The van der Waals surface area contributed by atoms with E-state index in [9.17, 15) is 4.79 Å². The monoisotopic (exact) mass is 447 g/mol. The van der Waals surface area contributed by atoms with E-state index in [0.29, 0.717) is 41.4 Å². The van der Waals surface area contributed by atoms with E-state index in [1.807, 2.05) is 42.5 Å². The highest BCUT2D eigenvalue weighted by Crippen LogP contribution is 2.30. The van der Waals surface area contributed by atoms with Crippen LogP contribution in [0, 0.1) is 0 Å². The van der Waals surface area contributed by atoms with Gasteiger partial charge >= 0.3 is 0 Å². The zero-order chi connectivity index (χ0) is 23.8. The molecular weight excluding hydrogens is 414 g/mol. The summed E-state index contributed by atoms with van der Waals surface area (Å²) in [5.41, 5.74) is 3.24. The van der Waals surface area contributed by atoms with Crippen molar-refractivity contribution in [2.45, 2.75) is 39.8 Å². The van der Waals surface area contributed by atoms with Crippen molar-refractivity contribution in [3.63, 3.8) is 0 Å². The summed E-state index contributed by atoms with van der Waals surface area (Å²) in [4.78, 5) is 19.3. The van der Waals surface area contributed by atoms with E-state index in [0.717, 1.165) is 17.7 Å². The van der Waals surface area contributed by atoms with E-state index >= 15 is 0 Å². The number of aromatic nitrogens is 1. The van der Waals surface area contributed by atoms with Gasteiger partial charge in [-0.2, -0.15) is 0 Å². The van der Waals surface area contributed by atoms with Crippen LogP contribution in [-0.2, 0) is 0 Å². The highest BCUT2D eigenvalue weighted by atomic mass is 16.5. The number of carbonyl (C=O) groups is 1. The minimum Gasteiger partial charge on any atom is -0.493 e. The van der Waals surface area contributed by atoms with Crippen LogP contribution in [0.2, 0.25) is 0 Å². The van der Waals surface area contributed by atoms with Crippen molar-refractivity contribution in [2.24, 2.45) is 0 Å². The van der Waals surface area contributed by atoms with Crippen molar-refractivity contribution in [1.82, 2.24) is 9.88 Å². The van der Waals surface area contributed by atoms with Crippen LogP contribution in [0.3, 0.4) is 0 Å². The van der Waals surface area contributed by atoms with Gasteiger partial charge in [-0.25, -0.2) is 0 Å². The zero-order valence-electron chi connectivity index (χ0n) is 20.0. The standard InChI is InChI=1S/C27H33N3O3/c1-19(2)30(20(3)4)15-16-33-26-17-24(12-13-25(26)32-5)29-27(31)22-10-8-21(9-11-22)23-7-6-14-28-18-23/h6-14,17-20H,15-16H2,1-5H3,(H,29,31). The van der Waals surface area contributed by atoms with Crippen LogP contribution in [0.1, 0.15) is 38.1 Å². The van der Waals surface area contributed by atoms with Gasteiger partial charge in [0.15, 0.2) is 11.5 Å². The molecule has 174 valence electrons. The van der Waals surface area contributed by atoms with E-state index in [2.05, 4.69) is 42.9 Å². The Morgan fingerprint density at radius 1 is 0.970 bits per heavy atom. The van der Waals surface area contributed by atoms with Crippen LogP contribution in [0.4, 0.5) is 5.69 Å². The lowest BCUT2D eigenvalue weighted by Gasteiger charge is -2.30. The number of benzene rings is 2. The molecule has 0 spiro atoms. The molecule has 0 fully saturated rings. The van der Waals surface area contributed by atoms with E-state index in [-0.39, 0.29) is 5.91 Å². The van der Waals surface area contributed by atoms with Crippen LogP contribution < -0.4 is 14.8 Å². The molecule has 0 aliphatic carbocycles. The lowest BCUT2D eigenvalue weighted by Crippen LogP contribution is -2.39. The quantitative estimate of drug-likeness (QED) is 0.444. The first kappa shape index (κ1) is 24.3. The predicted molar refractivity (Wildman–Crippen MR) is 133 cm³/mol. The fourth-order valence-electron chi connectivity index (χ4n) is 3.79. The number of hydrogen-bond donors (Lipinski definition) is 1. The molecule has 6 heteroatoms. The summed E-state index contributed by atoms with van der Waals surface area (Å²) in [6.07, 6.45) is 3.54. The molecular formula is C27H33N3O3. The fourth-order valence-corrected chi connectivity index (χ4v) is 3.79. The maximum Gasteiger partial charge on any atom is 0.255 e. The van der Waals surface area contributed by atoms with Crippen molar-refractivity contribution in [2.75, 3.05) is 25.6 Å². The number of hydrogen-bond acceptors (Lipinski definition) is 5. The molecule has 6 nitrogen and oxygen atoms in total. The molecule has 1 heterocycles. The fraction of sp³-hybridized carbons (Fsp3) is 0.333. The predicted octanol–water partition coefficient (Wildman–Crippen LogP) is 5.51. The number of anilines is 1. The molecule has 1 N–H and O–H groups in total. The topological polar surface area (TPSA) is 63.7 Å². The lowest BCUT2D eigenvalue weighted by molar-refractivity contribution is 0.102. The Morgan fingerprint density at radius 3 is 2.30 bits per heavy atom. The molecule has 0 aliphatic rings. The van der Waals surface area contributed by atoms with Gasteiger partial charge in [0.2, 0.25) is 0 Å². The number of rotatable bonds is 10. The van der Waals surface area contributed by atoms with Crippen LogP contribution in [0.5, 0.6) is 11.5 Å². The number of ether oxygens (including phenoxy) is 2. The van der Waals surface area contributed by atoms with Gasteiger partial charge in [0.1, 0.15) is 6.61 Å². The van der Waals surface area contributed by atoms with E-state index < -0.39 is 0 Å². The van der Waals surface area contributed by atoms with Crippen LogP contribution in [0.15, 0.2) is 67.0 Å². The van der Waals surface area contributed by atoms with E-state index in [1.165, 1.54) is 0 Å². The van der Waals surface area contributed by atoms with E-state index in [4.69, 9.17) is 9.47 Å². The largest absolute Gasteiger partial charge is 0.493 e. The molecule has 1 aromatic heterocycles. The van der Waals surface area contributed by atoms with E-state index in [1.54, 1.807) is 31.6 Å². The smallest absolute Gasteiger partial charge is 0.255 e. The van der Waals surface area contributed by atoms with Crippen molar-refractivity contribution >= 4 is 11.6 Å². The summed E-state index contributed by atoms with van der Waals surface area (Å²) in [5.74, 6) is 1.05. The number of nitrogens with one attached hydrogen (secondary N) is 1. The van der Waals surface area contributed by atoms with Crippen LogP contribution in [-0.4, -0.2) is 48.1 Å². The third-order valence-electron chi connectivity index (χ3n) is 5.50. The molecule has 0 atom stereocenters. The van der Waals surface area contributed by atoms with Crippen LogP contribution >= 0.6 is 0 Å². The maximum atomic E-state index is 12.8. The van der Waals surface area contributed by atoms with Gasteiger partial charge in [0.05, 0.1) is 7.11 Å². The Labute approximate surface area is 196 Å². The zero-order valence-corrected chi connectivity index (χ0v) is 20.0. The summed E-state index contributed by atoms with van der Waals surface area (Å²) in [6.45, 7) is 10.1. The minimum absolute atomic E-state index is 0.186. The number of pyridine rings is 1. The Hall–Kier alpha value is -3.38. The summed E-state index contributed by atoms with van der Waals surface area (Å²) in [5, 5.41) is 2.95. The number of amides is 1. The van der Waals surface area contributed by atoms with Gasteiger partial charge in [-0.1, -0.05) is 18.2 Å². The van der Waals surface area contributed by atoms with Gasteiger partial charge in [0.25, 0.3) is 5.91 Å². The van der Waals surface area contributed by atoms with Crippen LogP contribution in [0.25, 0.3) is 11.1 Å². The molecule has 1 amide bonds. The second-order valence-corrected chi connectivity index (χ2v) is 8.41. The molecule has 0 unspecified atom stereocenters. The Kier molecular flexibility index (Phi) is 8.44. The summed E-state index contributed by atoms with van der Waals surface area (Å²) in [6, 6.07) is 17.6. The second-order valence-electron chi connectivity index (χ2n) is 8.41. The summed E-state index contributed by atoms with van der Waals surface area (Å²) >= 11 is 0. The molecule has 0 radical (unpaired) electrons. The normalized spacial score (nSPS) is 11.2. The Morgan fingerprint density at radius 2 is 1.70 bits per heavy atom. The number of methoxy groups -OCH3 is 1. The third kappa shape index (κ3) is 6.56. The van der Waals surface area contributed by atoms with Crippen molar-refractivity contribution in [1.29, 1.82) is 0 Å². The van der Waals surface area contributed by atoms with Crippen molar-refractivity contribution in [3.8, 4) is 22.6 Å².